The highest BCUT2D eigenvalue weighted by atomic mass is 35.5. The fourth-order valence-corrected chi connectivity index (χ4v) is 4.09. The van der Waals surface area contributed by atoms with Crippen LogP contribution in [0.2, 0.25) is 5.02 Å². The van der Waals surface area contributed by atoms with Gasteiger partial charge in [0.2, 0.25) is 10.0 Å². The first-order valence-corrected chi connectivity index (χ1v) is 8.62. The molecule has 5 nitrogen and oxygen atoms in total. The van der Waals surface area contributed by atoms with Gasteiger partial charge in [0.15, 0.2) is 0 Å². The van der Waals surface area contributed by atoms with Gasteiger partial charge in [-0.1, -0.05) is 11.6 Å². The topological polar surface area (TPSA) is 84.2 Å². The maximum Gasteiger partial charge on any atom is 0.397 e. The number of fused-ring (bicyclic) bond motifs is 1. The maximum absolute atomic E-state index is 12.1. The van der Waals surface area contributed by atoms with Crippen LogP contribution in [0.3, 0.4) is 0 Å². The van der Waals surface area contributed by atoms with Gasteiger partial charge in [-0.15, -0.1) is 11.8 Å². The molecule has 11 heteroatoms. The molecular formula is C10H11ClF3N3O2S2. The first-order chi connectivity index (χ1) is 9.58. The Morgan fingerprint density at radius 3 is 2.67 bits per heavy atom. The molecule has 2 rings (SSSR count). The number of anilines is 2. The molecule has 0 bridgehead atoms. The van der Waals surface area contributed by atoms with E-state index >= 15 is 0 Å². The standard InChI is InChI=1S/C10H11ClF3N3O2S2/c11-5-1-7-8(2-6(5)15)21(18,19)17-9(16-7)3-20-4-10(12,13)14/h1-2,9,16-17H,3-4,15H2. The third-order valence-corrected chi connectivity index (χ3v) is 5.51. The summed E-state index contributed by atoms with van der Waals surface area (Å²) in [6, 6.07) is 2.54. The van der Waals surface area contributed by atoms with Crippen molar-refractivity contribution in [3.05, 3.63) is 17.2 Å². The van der Waals surface area contributed by atoms with Crippen LogP contribution >= 0.6 is 23.4 Å². The van der Waals surface area contributed by atoms with Crippen LogP contribution in [0.5, 0.6) is 0 Å². The van der Waals surface area contributed by atoms with E-state index in [2.05, 4.69) is 10.0 Å². The number of hydrogen-bond donors (Lipinski definition) is 3. The van der Waals surface area contributed by atoms with Gasteiger partial charge in [0.05, 0.1) is 28.3 Å². The number of nitrogen functional groups attached to an aromatic ring is 1. The second-order valence-corrected chi connectivity index (χ2v) is 7.44. The van der Waals surface area contributed by atoms with E-state index in [-0.39, 0.29) is 27.0 Å². The number of sulfonamides is 1. The van der Waals surface area contributed by atoms with Gasteiger partial charge in [0.25, 0.3) is 0 Å². The Kier molecular flexibility index (Phi) is 4.52. The summed E-state index contributed by atoms with van der Waals surface area (Å²) in [5, 5.41) is 2.96. The molecule has 0 aliphatic carbocycles. The maximum atomic E-state index is 12.1. The van der Waals surface area contributed by atoms with Crippen molar-refractivity contribution < 1.29 is 21.6 Å². The highest BCUT2D eigenvalue weighted by Crippen LogP contribution is 2.33. The Labute approximate surface area is 128 Å². The quantitative estimate of drug-likeness (QED) is 0.719. The van der Waals surface area contributed by atoms with Crippen LogP contribution in [0.15, 0.2) is 17.0 Å². The van der Waals surface area contributed by atoms with E-state index in [4.69, 9.17) is 17.3 Å². The summed E-state index contributed by atoms with van der Waals surface area (Å²) in [4.78, 5) is -0.0820. The summed E-state index contributed by atoms with van der Waals surface area (Å²) in [7, 11) is -3.84. The van der Waals surface area contributed by atoms with Gasteiger partial charge in [0, 0.05) is 5.75 Å². The summed E-state index contributed by atoms with van der Waals surface area (Å²) in [6.07, 6.45) is -5.15. The zero-order valence-electron chi connectivity index (χ0n) is 10.4. The predicted molar refractivity (Wildman–Crippen MR) is 77.0 cm³/mol. The number of benzene rings is 1. The van der Waals surface area contributed by atoms with Crippen LogP contribution in [-0.2, 0) is 10.0 Å². The number of halogens is 4. The molecule has 1 aliphatic heterocycles. The fraction of sp³-hybridized carbons (Fsp3) is 0.400. The van der Waals surface area contributed by atoms with Crippen LogP contribution in [0.4, 0.5) is 24.5 Å². The van der Waals surface area contributed by atoms with Gasteiger partial charge in [-0.3, -0.25) is 0 Å². The molecule has 118 valence electrons. The minimum atomic E-state index is -4.30. The monoisotopic (exact) mass is 361 g/mol. The highest BCUT2D eigenvalue weighted by Gasteiger charge is 2.32. The minimum Gasteiger partial charge on any atom is -0.397 e. The second kappa shape index (κ2) is 5.75. The largest absolute Gasteiger partial charge is 0.397 e. The highest BCUT2D eigenvalue weighted by molar-refractivity contribution is 7.99. The van der Waals surface area contributed by atoms with E-state index in [1.54, 1.807) is 0 Å². The molecular weight excluding hydrogens is 351 g/mol. The Morgan fingerprint density at radius 2 is 2.05 bits per heavy atom. The normalized spacial score (nSPS) is 20.7. The number of thioether (sulfide) groups is 1. The van der Waals surface area contributed by atoms with Crippen molar-refractivity contribution in [1.29, 1.82) is 0 Å². The van der Waals surface area contributed by atoms with Crippen LogP contribution in [-0.4, -0.2) is 32.3 Å². The third-order valence-electron chi connectivity index (χ3n) is 2.57. The van der Waals surface area contributed by atoms with Crippen molar-refractivity contribution in [1.82, 2.24) is 4.72 Å². The van der Waals surface area contributed by atoms with Gasteiger partial charge >= 0.3 is 6.18 Å². The zero-order valence-corrected chi connectivity index (χ0v) is 12.8. The van der Waals surface area contributed by atoms with Crippen molar-refractivity contribution in [2.24, 2.45) is 0 Å². The lowest BCUT2D eigenvalue weighted by molar-refractivity contribution is -0.105. The lowest BCUT2D eigenvalue weighted by Crippen LogP contribution is -2.46. The van der Waals surface area contributed by atoms with Gasteiger partial charge < -0.3 is 11.1 Å². The molecule has 4 N–H and O–H groups in total. The summed E-state index contributed by atoms with van der Waals surface area (Å²) in [5.41, 5.74) is 5.86. The molecule has 1 aromatic carbocycles. The fourth-order valence-electron chi connectivity index (χ4n) is 1.74. The number of nitrogens with two attached hydrogens (primary N) is 1. The molecule has 0 amide bonds. The number of alkyl halides is 3. The van der Waals surface area contributed by atoms with Crippen molar-refractivity contribution in [3.63, 3.8) is 0 Å². The molecule has 1 aliphatic rings. The smallest absolute Gasteiger partial charge is 0.397 e. The molecule has 0 saturated carbocycles. The van der Waals surface area contributed by atoms with Gasteiger partial charge in [-0.25, -0.2) is 8.42 Å². The summed E-state index contributed by atoms with van der Waals surface area (Å²) < 4.78 is 62.6. The zero-order chi connectivity index (χ0) is 15.8. The number of rotatable bonds is 3. The molecule has 0 radical (unpaired) electrons. The van der Waals surface area contributed by atoms with Crippen molar-refractivity contribution in [2.45, 2.75) is 17.2 Å². The molecule has 21 heavy (non-hydrogen) atoms. The van der Waals surface area contributed by atoms with Gasteiger partial charge in [-0.05, 0) is 12.1 Å². The van der Waals surface area contributed by atoms with E-state index in [0.29, 0.717) is 11.8 Å². The van der Waals surface area contributed by atoms with Crippen molar-refractivity contribution in [2.75, 3.05) is 22.6 Å². The van der Waals surface area contributed by atoms with Gasteiger partial charge in [-0.2, -0.15) is 17.9 Å². The molecule has 1 heterocycles. The van der Waals surface area contributed by atoms with Gasteiger partial charge in [0.1, 0.15) is 4.90 Å². The van der Waals surface area contributed by atoms with E-state index in [1.807, 2.05) is 0 Å². The first-order valence-electron chi connectivity index (χ1n) is 5.61. The van der Waals surface area contributed by atoms with Crippen molar-refractivity contribution >= 4 is 44.8 Å². The minimum absolute atomic E-state index is 0.0820. The molecule has 1 aromatic rings. The number of hydrogen-bond acceptors (Lipinski definition) is 5. The molecule has 1 unspecified atom stereocenters. The Morgan fingerprint density at radius 1 is 1.38 bits per heavy atom. The summed E-state index contributed by atoms with van der Waals surface area (Å²) in [5.74, 6) is -1.14. The average Bonchev–Trinajstić information content (AvgIpc) is 2.29. The Bertz CT molecular complexity index is 652. The van der Waals surface area contributed by atoms with Crippen LogP contribution in [0.1, 0.15) is 0 Å². The molecule has 0 spiro atoms. The third kappa shape index (κ3) is 4.09. The molecule has 0 saturated heterocycles. The van der Waals surface area contributed by atoms with Crippen LogP contribution in [0, 0.1) is 0 Å². The van der Waals surface area contributed by atoms with E-state index < -0.39 is 28.1 Å². The average molecular weight is 362 g/mol. The SMILES string of the molecule is Nc1cc2c(cc1Cl)NC(CSCC(F)(F)F)NS2(=O)=O. The molecule has 1 atom stereocenters. The predicted octanol–water partition coefficient (Wildman–Crippen LogP) is 2.25. The number of nitrogens with one attached hydrogen (secondary N) is 2. The van der Waals surface area contributed by atoms with E-state index in [9.17, 15) is 21.6 Å². The Hall–Kier alpha value is -0.840. The summed E-state index contributed by atoms with van der Waals surface area (Å²) in [6.45, 7) is 0. The second-order valence-electron chi connectivity index (χ2n) is 4.32. The lowest BCUT2D eigenvalue weighted by Gasteiger charge is -2.28. The molecule has 0 fully saturated rings. The first kappa shape index (κ1) is 16.5. The van der Waals surface area contributed by atoms with Crippen LogP contribution < -0.4 is 15.8 Å². The van der Waals surface area contributed by atoms with E-state index in [0.717, 1.165) is 0 Å². The Balaban J connectivity index is 2.16. The van der Waals surface area contributed by atoms with Crippen molar-refractivity contribution in [3.8, 4) is 0 Å². The summed E-state index contributed by atoms with van der Waals surface area (Å²) >= 11 is 6.39. The van der Waals surface area contributed by atoms with E-state index in [1.165, 1.54) is 12.1 Å². The molecule has 0 aromatic heterocycles. The van der Waals surface area contributed by atoms with Crippen LogP contribution in [0.25, 0.3) is 0 Å². The lowest BCUT2D eigenvalue weighted by atomic mass is 10.2.